The molecule has 1 fully saturated rings. The first-order chi connectivity index (χ1) is 8.86. The van der Waals surface area contributed by atoms with E-state index in [-0.39, 0.29) is 17.8 Å². The average molecular weight is 238 g/mol. The highest BCUT2D eigenvalue weighted by Crippen LogP contribution is 2.38. The van der Waals surface area contributed by atoms with Gasteiger partial charge >= 0.3 is 5.97 Å². The molecule has 0 unspecified atom stereocenters. The molecule has 2 aromatic rings. The third kappa shape index (κ3) is 1.90. The van der Waals surface area contributed by atoms with Gasteiger partial charge in [0.1, 0.15) is 0 Å². The topological polar surface area (TPSA) is 26.3 Å². The zero-order valence-corrected chi connectivity index (χ0v) is 9.95. The van der Waals surface area contributed by atoms with Gasteiger partial charge in [-0.25, -0.2) is 0 Å². The van der Waals surface area contributed by atoms with Crippen molar-refractivity contribution in [1.82, 2.24) is 0 Å². The molecule has 0 aliphatic carbocycles. The molecule has 0 aromatic heterocycles. The molecule has 0 amide bonds. The number of esters is 1. The Hall–Kier alpha value is -2.09. The van der Waals surface area contributed by atoms with Crippen molar-refractivity contribution in [3.8, 4) is 0 Å². The van der Waals surface area contributed by atoms with E-state index in [9.17, 15) is 4.79 Å². The molecule has 2 heteroatoms. The van der Waals surface area contributed by atoms with E-state index in [0.29, 0.717) is 6.61 Å². The van der Waals surface area contributed by atoms with E-state index in [1.807, 2.05) is 48.5 Å². The largest absolute Gasteiger partial charge is 0.465 e. The Bertz CT molecular complexity index is 534. The molecule has 18 heavy (non-hydrogen) atoms. The molecule has 3 rings (SSSR count). The fourth-order valence-corrected chi connectivity index (χ4v) is 2.54. The summed E-state index contributed by atoms with van der Waals surface area (Å²) in [5.74, 6) is -0.162. The summed E-state index contributed by atoms with van der Waals surface area (Å²) in [6, 6.07) is 20.0. The Balaban J connectivity index is 1.98. The fraction of sp³-hybridized carbons (Fsp3) is 0.188. The summed E-state index contributed by atoms with van der Waals surface area (Å²) in [5.41, 5.74) is 2.20. The second-order valence-corrected chi connectivity index (χ2v) is 4.54. The van der Waals surface area contributed by atoms with E-state index >= 15 is 0 Å². The summed E-state index contributed by atoms with van der Waals surface area (Å²) >= 11 is 0. The molecular weight excluding hydrogens is 224 g/mol. The highest BCUT2D eigenvalue weighted by molar-refractivity contribution is 5.81. The number of hydrogen-bond acceptors (Lipinski definition) is 2. The number of ether oxygens (including phenoxy) is 1. The minimum absolute atomic E-state index is 0.116. The monoisotopic (exact) mass is 238 g/mol. The van der Waals surface area contributed by atoms with Crippen LogP contribution in [0, 0.1) is 0 Å². The number of carbonyl (C=O) groups excluding carboxylic acids is 1. The molecule has 0 bridgehead atoms. The van der Waals surface area contributed by atoms with E-state index in [4.69, 9.17) is 4.74 Å². The van der Waals surface area contributed by atoms with Gasteiger partial charge in [-0.15, -0.1) is 0 Å². The number of carbonyl (C=O) groups is 1. The van der Waals surface area contributed by atoms with Crippen molar-refractivity contribution in [2.24, 2.45) is 0 Å². The van der Waals surface area contributed by atoms with Crippen molar-refractivity contribution >= 4 is 5.97 Å². The molecule has 1 saturated heterocycles. The second kappa shape index (κ2) is 4.65. The van der Waals surface area contributed by atoms with E-state index in [1.165, 1.54) is 0 Å². The van der Waals surface area contributed by atoms with Gasteiger partial charge in [0.25, 0.3) is 0 Å². The maximum Gasteiger partial charge on any atom is 0.314 e. The van der Waals surface area contributed by atoms with Gasteiger partial charge in [-0.3, -0.25) is 4.79 Å². The highest BCUT2D eigenvalue weighted by atomic mass is 16.5. The van der Waals surface area contributed by atoms with Gasteiger partial charge in [-0.05, 0) is 11.1 Å². The predicted octanol–water partition coefficient (Wildman–Crippen LogP) is 3.11. The summed E-state index contributed by atoms with van der Waals surface area (Å²) < 4.78 is 5.25. The summed E-state index contributed by atoms with van der Waals surface area (Å²) in [7, 11) is 0. The summed E-state index contributed by atoms with van der Waals surface area (Å²) in [6.07, 6.45) is 0. The molecule has 2 atom stereocenters. The lowest BCUT2D eigenvalue weighted by Gasteiger charge is -2.15. The van der Waals surface area contributed by atoms with E-state index in [2.05, 4.69) is 12.1 Å². The average Bonchev–Trinajstić information content (AvgIpc) is 2.83. The molecule has 0 N–H and O–H groups in total. The molecule has 1 heterocycles. The van der Waals surface area contributed by atoms with Gasteiger partial charge in [0.2, 0.25) is 0 Å². The quantitative estimate of drug-likeness (QED) is 0.751. The lowest BCUT2D eigenvalue weighted by molar-refractivity contribution is -0.139. The van der Waals surface area contributed by atoms with Crippen LogP contribution in [0.15, 0.2) is 60.7 Å². The lowest BCUT2D eigenvalue weighted by atomic mass is 9.84. The lowest BCUT2D eigenvalue weighted by Crippen LogP contribution is -2.12. The maximum atomic E-state index is 11.9. The van der Waals surface area contributed by atoms with Gasteiger partial charge in [-0.1, -0.05) is 60.7 Å². The van der Waals surface area contributed by atoms with Crippen LogP contribution in [-0.2, 0) is 9.53 Å². The number of hydrogen-bond donors (Lipinski definition) is 0. The minimum atomic E-state index is -0.173. The van der Waals surface area contributed by atoms with Crippen molar-refractivity contribution in [2.75, 3.05) is 6.61 Å². The third-order valence-corrected chi connectivity index (χ3v) is 3.45. The predicted molar refractivity (Wildman–Crippen MR) is 69.3 cm³/mol. The van der Waals surface area contributed by atoms with Gasteiger partial charge in [0, 0.05) is 5.92 Å². The summed E-state index contributed by atoms with van der Waals surface area (Å²) in [5, 5.41) is 0. The summed E-state index contributed by atoms with van der Waals surface area (Å²) in [6.45, 7) is 0.475. The molecule has 2 aromatic carbocycles. The van der Waals surface area contributed by atoms with Crippen molar-refractivity contribution in [3.05, 3.63) is 71.8 Å². The smallest absolute Gasteiger partial charge is 0.314 e. The van der Waals surface area contributed by atoms with E-state index < -0.39 is 0 Å². The van der Waals surface area contributed by atoms with Crippen molar-refractivity contribution < 1.29 is 9.53 Å². The summed E-state index contributed by atoms with van der Waals surface area (Å²) in [4.78, 5) is 11.9. The molecule has 1 aliphatic rings. The highest BCUT2D eigenvalue weighted by Gasteiger charge is 2.38. The first kappa shape index (κ1) is 11.0. The van der Waals surface area contributed by atoms with E-state index in [1.54, 1.807) is 0 Å². The van der Waals surface area contributed by atoms with Gasteiger partial charge in [0.05, 0.1) is 12.5 Å². The van der Waals surface area contributed by atoms with Gasteiger partial charge < -0.3 is 4.74 Å². The third-order valence-electron chi connectivity index (χ3n) is 3.45. The van der Waals surface area contributed by atoms with Crippen LogP contribution >= 0.6 is 0 Å². The van der Waals surface area contributed by atoms with Crippen LogP contribution in [-0.4, -0.2) is 12.6 Å². The van der Waals surface area contributed by atoms with Gasteiger partial charge in [-0.2, -0.15) is 0 Å². The van der Waals surface area contributed by atoms with E-state index in [0.717, 1.165) is 11.1 Å². The van der Waals surface area contributed by atoms with Crippen molar-refractivity contribution in [2.45, 2.75) is 11.8 Å². The van der Waals surface area contributed by atoms with Crippen LogP contribution in [0.4, 0.5) is 0 Å². The maximum absolute atomic E-state index is 11.9. The fourth-order valence-electron chi connectivity index (χ4n) is 2.54. The Morgan fingerprint density at radius 2 is 1.39 bits per heavy atom. The van der Waals surface area contributed by atoms with Crippen LogP contribution in [0.3, 0.4) is 0 Å². The van der Waals surface area contributed by atoms with Crippen LogP contribution in [0.2, 0.25) is 0 Å². The van der Waals surface area contributed by atoms with Crippen LogP contribution in [0.25, 0.3) is 0 Å². The number of benzene rings is 2. The Morgan fingerprint density at radius 3 is 2.00 bits per heavy atom. The zero-order chi connectivity index (χ0) is 12.4. The molecule has 0 spiro atoms. The Morgan fingerprint density at radius 1 is 0.833 bits per heavy atom. The van der Waals surface area contributed by atoms with Gasteiger partial charge in [0.15, 0.2) is 0 Å². The SMILES string of the molecule is O=C1OC[C@H](c2ccccc2)[C@H]1c1ccccc1. The molecule has 90 valence electrons. The van der Waals surface area contributed by atoms with Crippen molar-refractivity contribution in [1.29, 1.82) is 0 Å². The normalized spacial score (nSPS) is 22.8. The second-order valence-electron chi connectivity index (χ2n) is 4.54. The molecule has 0 radical (unpaired) electrons. The molecular formula is C16H14O2. The first-order valence-electron chi connectivity index (χ1n) is 6.13. The van der Waals surface area contributed by atoms with Crippen molar-refractivity contribution in [3.63, 3.8) is 0 Å². The van der Waals surface area contributed by atoms with Crippen LogP contribution < -0.4 is 0 Å². The molecule has 0 saturated carbocycles. The Labute approximate surface area is 106 Å². The zero-order valence-electron chi connectivity index (χ0n) is 9.95. The number of rotatable bonds is 2. The Kier molecular flexibility index (Phi) is 2.85. The first-order valence-corrected chi connectivity index (χ1v) is 6.13. The van der Waals surface area contributed by atoms with Crippen LogP contribution in [0.5, 0.6) is 0 Å². The minimum Gasteiger partial charge on any atom is -0.465 e. The number of cyclic esters (lactones) is 1. The van der Waals surface area contributed by atoms with Crippen LogP contribution in [0.1, 0.15) is 23.0 Å². The standard InChI is InChI=1S/C16H14O2/c17-16-15(13-9-5-2-6-10-13)14(11-18-16)12-7-3-1-4-8-12/h1-10,14-15H,11H2/t14-,15-/m1/s1. The molecule has 1 aliphatic heterocycles. The molecule has 2 nitrogen and oxygen atoms in total.